The van der Waals surface area contributed by atoms with Crippen LogP contribution in [0.3, 0.4) is 0 Å². The van der Waals surface area contributed by atoms with E-state index >= 15 is 0 Å². The summed E-state index contributed by atoms with van der Waals surface area (Å²) in [5, 5.41) is 4.32. The van der Waals surface area contributed by atoms with Gasteiger partial charge in [-0.15, -0.1) is 0 Å². The van der Waals surface area contributed by atoms with Crippen LogP contribution in [0.1, 0.15) is 17.0 Å². The molecule has 0 fully saturated rings. The lowest BCUT2D eigenvalue weighted by atomic mass is 10.1. The van der Waals surface area contributed by atoms with Gasteiger partial charge in [-0.1, -0.05) is 0 Å². The number of aryl methyl sites for hydroxylation is 2. The minimum Gasteiger partial charge on any atom is -0.384 e. The van der Waals surface area contributed by atoms with Gasteiger partial charge in [0.05, 0.1) is 12.3 Å². The fourth-order valence-corrected chi connectivity index (χ4v) is 1.38. The first kappa shape index (κ1) is 9.26. The molecule has 0 N–H and O–H groups in total. The summed E-state index contributed by atoms with van der Waals surface area (Å²) in [6, 6.07) is 0. The Morgan fingerprint density at radius 1 is 1.42 bits per heavy atom. The Morgan fingerprint density at radius 3 is 2.50 bits per heavy atom. The first-order chi connectivity index (χ1) is 5.66. The summed E-state index contributed by atoms with van der Waals surface area (Å²) >= 11 is 0. The Balaban J connectivity index is 2.82. The number of rotatable bonds is 3. The SMILES string of the molecule is COCCc1c(C)nn(C)c1C. The highest BCUT2D eigenvalue weighted by atomic mass is 16.5. The molecule has 0 aliphatic rings. The molecule has 0 saturated heterocycles. The molecular formula is C9H16N2O. The second kappa shape index (κ2) is 3.72. The molecule has 0 spiro atoms. The molecule has 0 aliphatic heterocycles. The summed E-state index contributed by atoms with van der Waals surface area (Å²) in [7, 11) is 3.69. The first-order valence-corrected chi connectivity index (χ1v) is 4.14. The van der Waals surface area contributed by atoms with Crippen molar-refractivity contribution in [3.63, 3.8) is 0 Å². The van der Waals surface area contributed by atoms with E-state index in [1.165, 1.54) is 11.3 Å². The summed E-state index contributed by atoms with van der Waals surface area (Å²) in [5.41, 5.74) is 3.68. The molecule has 68 valence electrons. The fraction of sp³-hybridized carbons (Fsp3) is 0.667. The lowest BCUT2D eigenvalue weighted by Crippen LogP contribution is -1.98. The quantitative estimate of drug-likeness (QED) is 0.678. The van der Waals surface area contributed by atoms with Gasteiger partial charge in [0.1, 0.15) is 0 Å². The molecule has 0 aliphatic carbocycles. The van der Waals surface area contributed by atoms with Crippen LogP contribution in [0.5, 0.6) is 0 Å². The van der Waals surface area contributed by atoms with E-state index in [1.807, 2.05) is 18.7 Å². The second-order valence-electron chi connectivity index (χ2n) is 3.02. The molecule has 0 unspecified atom stereocenters. The van der Waals surface area contributed by atoms with Crippen LogP contribution in [0.15, 0.2) is 0 Å². The Kier molecular flexibility index (Phi) is 2.87. The molecule has 0 bridgehead atoms. The molecule has 3 nitrogen and oxygen atoms in total. The number of ether oxygens (including phenoxy) is 1. The van der Waals surface area contributed by atoms with Crippen molar-refractivity contribution in [1.29, 1.82) is 0 Å². The second-order valence-corrected chi connectivity index (χ2v) is 3.02. The molecule has 1 rings (SSSR count). The normalized spacial score (nSPS) is 10.7. The van der Waals surface area contributed by atoms with Crippen molar-refractivity contribution < 1.29 is 4.74 Å². The van der Waals surface area contributed by atoms with E-state index in [2.05, 4.69) is 12.0 Å². The number of hydrogen-bond donors (Lipinski definition) is 0. The molecule has 0 radical (unpaired) electrons. The topological polar surface area (TPSA) is 27.1 Å². The summed E-state index contributed by atoms with van der Waals surface area (Å²) in [4.78, 5) is 0. The zero-order valence-electron chi connectivity index (χ0n) is 8.22. The van der Waals surface area contributed by atoms with Crippen molar-refractivity contribution in [2.45, 2.75) is 20.3 Å². The Hall–Kier alpha value is -0.830. The van der Waals surface area contributed by atoms with Gasteiger partial charge in [-0.3, -0.25) is 4.68 Å². The van der Waals surface area contributed by atoms with Gasteiger partial charge in [0, 0.05) is 19.9 Å². The lowest BCUT2D eigenvalue weighted by molar-refractivity contribution is 0.202. The largest absolute Gasteiger partial charge is 0.384 e. The van der Waals surface area contributed by atoms with Gasteiger partial charge < -0.3 is 4.74 Å². The van der Waals surface area contributed by atoms with Gasteiger partial charge in [-0.2, -0.15) is 5.10 Å². The van der Waals surface area contributed by atoms with E-state index in [4.69, 9.17) is 4.74 Å². The first-order valence-electron chi connectivity index (χ1n) is 4.14. The van der Waals surface area contributed by atoms with Crippen LogP contribution in [-0.2, 0) is 18.2 Å². The fourth-order valence-electron chi connectivity index (χ4n) is 1.38. The highest BCUT2D eigenvalue weighted by molar-refractivity contribution is 5.24. The van der Waals surface area contributed by atoms with E-state index < -0.39 is 0 Å². The summed E-state index contributed by atoms with van der Waals surface area (Å²) in [6.07, 6.45) is 0.960. The van der Waals surface area contributed by atoms with Gasteiger partial charge in [-0.25, -0.2) is 0 Å². The molecule has 1 heterocycles. The number of aromatic nitrogens is 2. The smallest absolute Gasteiger partial charge is 0.0629 e. The van der Waals surface area contributed by atoms with Gasteiger partial charge in [-0.05, 0) is 25.8 Å². The van der Waals surface area contributed by atoms with E-state index in [9.17, 15) is 0 Å². The van der Waals surface area contributed by atoms with E-state index in [-0.39, 0.29) is 0 Å². The third kappa shape index (κ3) is 1.67. The van der Waals surface area contributed by atoms with Crippen LogP contribution in [0.25, 0.3) is 0 Å². The number of hydrogen-bond acceptors (Lipinski definition) is 2. The number of nitrogens with zero attached hydrogens (tertiary/aromatic N) is 2. The standard InChI is InChI=1S/C9H16N2O/c1-7-9(5-6-12-4)8(2)11(3)10-7/h5-6H2,1-4H3. The molecule has 0 atom stereocenters. The number of methoxy groups -OCH3 is 1. The average Bonchev–Trinajstić information content (AvgIpc) is 2.25. The van der Waals surface area contributed by atoms with Gasteiger partial charge in [0.2, 0.25) is 0 Å². The van der Waals surface area contributed by atoms with E-state index in [0.29, 0.717) is 0 Å². The van der Waals surface area contributed by atoms with Crippen molar-refractivity contribution in [2.75, 3.05) is 13.7 Å². The minimum absolute atomic E-state index is 0.771. The van der Waals surface area contributed by atoms with Gasteiger partial charge in [0.15, 0.2) is 0 Å². The van der Waals surface area contributed by atoms with Crippen molar-refractivity contribution in [3.05, 3.63) is 17.0 Å². The summed E-state index contributed by atoms with van der Waals surface area (Å²) in [6.45, 7) is 4.90. The highest BCUT2D eigenvalue weighted by Gasteiger charge is 2.07. The molecule has 0 amide bonds. The Morgan fingerprint density at radius 2 is 2.08 bits per heavy atom. The molecule has 1 aromatic rings. The zero-order chi connectivity index (χ0) is 9.14. The molecule has 0 aromatic carbocycles. The lowest BCUT2D eigenvalue weighted by Gasteiger charge is -1.99. The van der Waals surface area contributed by atoms with Crippen LogP contribution >= 0.6 is 0 Å². The van der Waals surface area contributed by atoms with Crippen LogP contribution in [0.2, 0.25) is 0 Å². The predicted molar refractivity (Wildman–Crippen MR) is 48.3 cm³/mol. The maximum Gasteiger partial charge on any atom is 0.0629 e. The molecule has 0 saturated carbocycles. The Bertz CT molecular complexity index is 266. The predicted octanol–water partition coefficient (Wildman–Crippen LogP) is 1.23. The van der Waals surface area contributed by atoms with Gasteiger partial charge >= 0.3 is 0 Å². The summed E-state index contributed by atoms with van der Waals surface area (Å²) < 4.78 is 6.94. The van der Waals surface area contributed by atoms with E-state index in [1.54, 1.807) is 7.11 Å². The summed E-state index contributed by atoms with van der Waals surface area (Å²) in [5.74, 6) is 0. The van der Waals surface area contributed by atoms with Crippen LogP contribution in [0.4, 0.5) is 0 Å². The van der Waals surface area contributed by atoms with Crippen LogP contribution < -0.4 is 0 Å². The minimum atomic E-state index is 0.771. The van der Waals surface area contributed by atoms with Crippen molar-refractivity contribution in [3.8, 4) is 0 Å². The third-order valence-corrected chi connectivity index (χ3v) is 2.22. The third-order valence-electron chi connectivity index (χ3n) is 2.22. The van der Waals surface area contributed by atoms with Crippen molar-refractivity contribution in [2.24, 2.45) is 7.05 Å². The monoisotopic (exact) mass is 168 g/mol. The van der Waals surface area contributed by atoms with Crippen LogP contribution in [-0.4, -0.2) is 23.5 Å². The maximum absolute atomic E-state index is 5.03. The van der Waals surface area contributed by atoms with Crippen molar-refractivity contribution in [1.82, 2.24) is 9.78 Å². The molecular weight excluding hydrogens is 152 g/mol. The maximum atomic E-state index is 5.03. The molecule has 1 aromatic heterocycles. The van der Waals surface area contributed by atoms with Crippen molar-refractivity contribution >= 4 is 0 Å². The molecule has 12 heavy (non-hydrogen) atoms. The highest BCUT2D eigenvalue weighted by Crippen LogP contribution is 2.11. The van der Waals surface area contributed by atoms with E-state index in [0.717, 1.165) is 18.7 Å². The zero-order valence-corrected chi connectivity index (χ0v) is 8.22. The Labute approximate surface area is 73.3 Å². The molecule has 3 heteroatoms. The average molecular weight is 168 g/mol. The van der Waals surface area contributed by atoms with Gasteiger partial charge in [0.25, 0.3) is 0 Å². The van der Waals surface area contributed by atoms with Crippen LogP contribution in [0, 0.1) is 13.8 Å².